The summed E-state index contributed by atoms with van der Waals surface area (Å²) in [6.07, 6.45) is 0.907. The van der Waals surface area contributed by atoms with Gasteiger partial charge in [-0.3, -0.25) is 14.9 Å². The summed E-state index contributed by atoms with van der Waals surface area (Å²) in [5, 5.41) is 14.0. The van der Waals surface area contributed by atoms with Gasteiger partial charge in [0, 0.05) is 31.3 Å². The quantitative estimate of drug-likeness (QED) is 0.682. The maximum atomic E-state index is 12.5. The van der Waals surface area contributed by atoms with Crippen molar-refractivity contribution in [2.75, 3.05) is 19.6 Å². The second-order valence-corrected chi connectivity index (χ2v) is 5.07. The Balaban J connectivity index is 2.25. The number of non-ortho nitro benzene ring substituents is 1. The van der Waals surface area contributed by atoms with Gasteiger partial charge < -0.3 is 10.2 Å². The van der Waals surface area contributed by atoms with Crippen LogP contribution < -0.4 is 5.32 Å². The Morgan fingerprint density at radius 2 is 2.35 bits per heavy atom. The summed E-state index contributed by atoms with van der Waals surface area (Å²) in [5.41, 5.74) is 0.197. The number of nitrogens with one attached hydrogen (secondary N) is 1. The van der Waals surface area contributed by atoms with E-state index in [9.17, 15) is 14.9 Å². The summed E-state index contributed by atoms with van der Waals surface area (Å²) in [6.45, 7) is 4.15. The Morgan fingerprint density at radius 1 is 1.60 bits per heavy atom. The van der Waals surface area contributed by atoms with E-state index in [2.05, 4.69) is 5.32 Å². The number of halogens is 1. The van der Waals surface area contributed by atoms with Crippen molar-refractivity contribution in [1.29, 1.82) is 0 Å². The van der Waals surface area contributed by atoms with Gasteiger partial charge in [-0.05, 0) is 26.0 Å². The van der Waals surface area contributed by atoms with E-state index in [1.807, 2.05) is 6.92 Å². The van der Waals surface area contributed by atoms with Gasteiger partial charge in [-0.2, -0.15) is 0 Å². The predicted octanol–water partition coefficient (Wildman–Crippen LogP) is 2.07. The largest absolute Gasteiger partial charge is 0.335 e. The highest BCUT2D eigenvalue weighted by Gasteiger charge is 2.27. The van der Waals surface area contributed by atoms with Gasteiger partial charge in [0.05, 0.1) is 15.5 Å². The van der Waals surface area contributed by atoms with E-state index in [0.717, 1.165) is 19.5 Å². The topological polar surface area (TPSA) is 75.5 Å². The van der Waals surface area contributed by atoms with E-state index >= 15 is 0 Å². The van der Waals surface area contributed by atoms with Crippen molar-refractivity contribution >= 4 is 23.2 Å². The van der Waals surface area contributed by atoms with Crippen LogP contribution in [0.3, 0.4) is 0 Å². The molecule has 1 amide bonds. The first-order valence-corrected chi connectivity index (χ1v) is 6.88. The first kappa shape index (κ1) is 14.7. The Hall–Kier alpha value is -1.66. The number of likely N-dealkylation sites (N-methyl/N-ethyl adjacent to an activating group) is 1. The van der Waals surface area contributed by atoms with Gasteiger partial charge >= 0.3 is 0 Å². The maximum absolute atomic E-state index is 12.5. The summed E-state index contributed by atoms with van der Waals surface area (Å²) < 4.78 is 0. The molecule has 1 unspecified atom stereocenters. The third-order valence-electron chi connectivity index (χ3n) is 3.47. The molecule has 7 heteroatoms. The molecular formula is C13H16ClN3O3. The molecule has 1 fully saturated rings. The second-order valence-electron chi connectivity index (χ2n) is 4.66. The van der Waals surface area contributed by atoms with Gasteiger partial charge in [0.25, 0.3) is 11.6 Å². The number of rotatable bonds is 4. The summed E-state index contributed by atoms with van der Waals surface area (Å²) in [6, 6.07) is 4.10. The number of nitrogens with zero attached hydrogens (tertiary/aromatic N) is 2. The van der Waals surface area contributed by atoms with Gasteiger partial charge in [0.2, 0.25) is 0 Å². The van der Waals surface area contributed by atoms with Gasteiger partial charge in [0.15, 0.2) is 0 Å². The number of hydrogen-bond donors (Lipinski definition) is 1. The molecule has 0 aliphatic carbocycles. The van der Waals surface area contributed by atoms with Crippen molar-refractivity contribution in [3.05, 3.63) is 38.9 Å². The zero-order valence-corrected chi connectivity index (χ0v) is 11.9. The van der Waals surface area contributed by atoms with Crippen LogP contribution in [0.2, 0.25) is 5.02 Å². The molecule has 6 nitrogen and oxygen atoms in total. The first-order valence-electron chi connectivity index (χ1n) is 6.50. The molecule has 1 heterocycles. The highest BCUT2D eigenvalue weighted by atomic mass is 35.5. The van der Waals surface area contributed by atoms with Crippen molar-refractivity contribution in [3.8, 4) is 0 Å². The van der Waals surface area contributed by atoms with Crippen LogP contribution in [-0.4, -0.2) is 41.4 Å². The lowest BCUT2D eigenvalue weighted by Gasteiger charge is -2.27. The number of hydrogen-bond acceptors (Lipinski definition) is 4. The highest BCUT2D eigenvalue weighted by Crippen LogP contribution is 2.24. The lowest BCUT2D eigenvalue weighted by molar-refractivity contribution is -0.384. The number of carbonyl (C=O) groups excluding carboxylic acids is 1. The van der Waals surface area contributed by atoms with E-state index in [1.54, 1.807) is 4.90 Å². The molecular weight excluding hydrogens is 282 g/mol. The monoisotopic (exact) mass is 297 g/mol. The predicted molar refractivity (Wildman–Crippen MR) is 76.1 cm³/mol. The van der Waals surface area contributed by atoms with E-state index in [4.69, 9.17) is 11.6 Å². The van der Waals surface area contributed by atoms with Crippen LogP contribution in [0.5, 0.6) is 0 Å². The van der Waals surface area contributed by atoms with Crippen molar-refractivity contribution in [2.45, 2.75) is 19.4 Å². The molecule has 0 bridgehead atoms. The fourth-order valence-electron chi connectivity index (χ4n) is 2.42. The molecule has 1 aromatic rings. The molecule has 2 rings (SSSR count). The van der Waals surface area contributed by atoms with Crippen molar-refractivity contribution < 1.29 is 9.72 Å². The summed E-state index contributed by atoms with van der Waals surface area (Å²) in [5.74, 6) is -0.180. The van der Waals surface area contributed by atoms with Gasteiger partial charge in [-0.25, -0.2) is 0 Å². The lowest BCUT2D eigenvalue weighted by Crippen LogP contribution is -2.41. The number of benzene rings is 1. The van der Waals surface area contributed by atoms with E-state index in [0.29, 0.717) is 12.1 Å². The summed E-state index contributed by atoms with van der Waals surface area (Å²) >= 11 is 6.01. The molecule has 108 valence electrons. The standard InChI is InChI=1S/C13H16ClN3O3/c1-2-16(10-5-6-15-8-10)13(18)11-4-3-9(17(19)20)7-12(11)14/h3-4,7,10,15H,2,5-6,8H2,1H3. The van der Waals surface area contributed by atoms with E-state index < -0.39 is 4.92 Å². The zero-order valence-electron chi connectivity index (χ0n) is 11.1. The molecule has 1 aliphatic rings. The van der Waals surface area contributed by atoms with E-state index in [1.165, 1.54) is 18.2 Å². The summed E-state index contributed by atoms with van der Waals surface area (Å²) in [4.78, 5) is 24.4. The van der Waals surface area contributed by atoms with Crippen LogP contribution in [-0.2, 0) is 0 Å². The third-order valence-corrected chi connectivity index (χ3v) is 3.78. The average molecular weight is 298 g/mol. The minimum absolute atomic E-state index is 0.114. The molecule has 1 saturated heterocycles. The van der Waals surface area contributed by atoms with Crippen LogP contribution in [0.25, 0.3) is 0 Å². The Kier molecular flexibility index (Phi) is 4.57. The molecule has 1 atom stereocenters. The van der Waals surface area contributed by atoms with Gasteiger partial charge in [-0.15, -0.1) is 0 Å². The highest BCUT2D eigenvalue weighted by molar-refractivity contribution is 6.34. The van der Waals surface area contributed by atoms with Crippen LogP contribution in [0.4, 0.5) is 5.69 Å². The number of amides is 1. The van der Waals surface area contributed by atoms with Crippen LogP contribution in [0.1, 0.15) is 23.7 Å². The molecule has 1 aliphatic heterocycles. The van der Waals surface area contributed by atoms with Crippen molar-refractivity contribution in [1.82, 2.24) is 10.2 Å². The lowest BCUT2D eigenvalue weighted by atomic mass is 10.1. The molecule has 20 heavy (non-hydrogen) atoms. The van der Waals surface area contributed by atoms with Crippen molar-refractivity contribution in [2.24, 2.45) is 0 Å². The fourth-order valence-corrected chi connectivity index (χ4v) is 2.67. The normalized spacial score (nSPS) is 18.0. The Bertz CT molecular complexity index is 530. The van der Waals surface area contributed by atoms with Crippen molar-refractivity contribution in [3.63, 3.8) is 0 Å². The van der Waals surface area contributed by atoms with Crippen LogP contribution >= 0.6 is 11.6 Å². The zero-order chi connectivity index (χ0) is 14.7. The fraction of sp³-hybridized carbons (Fsp3) is 0.462. The molecule has 1 aromatic carbocycles. The smallest absolute Gasteiger partial charge is 0.270 e. The number of carbonyl (C=O) groups is 1. The summed E-state index contributed by atoms with van der Waals surface area (Å²) in [7, 11) is 0. The van der Waals surface area contributed by atoms with E-state index in [-0.39, 0.29) is 22.7 Å². The first-order chi connectivity index (χ1) is 9.54. The van der Waals surface area contributed by atoms with Crippen LogP contribution in [0, 0.1) is 10.1 Å². The Labute approximate surface area is 121 Å². The van der Waals surface area contributed by atoms with Gasteiger partial charge in [0.1, 0.15) is 0 Å². The molecule has 0 spiro atoms. The average Bonchev–Trinajstić information content (AvgIpc) is 2.93. The molecule has 0 radical (unpaired) electrons. The SMILES string of the molecule is CCN(C(=O)c1ccc([N+](=O)[O-])cc1Cl)C1CCNC1. The molecule has 0 aromatic heterocycles. The maximum Gasteiger partial charge on any atom is 0.270 e. The molecule has 1 N–H and O–H groups in total. The molecule has 0 saturated carbocycles. The number of nitro benzene ring substituents is 1. The third kappa shape index (κ3) is 2.91. The minimum atomic E-state index is -0.529. The van der Waals surface area contributed by atoms with Gasteiger partial charge in [-0.1, -0.05) is 11.6 Å². The minimum Gasteiger partial charge on any atom is -0.335 e. The number of nitro groups is 1. The Morgan fingerprint density at radius 3 is 2.85 bits per heavy atom. The van der Waals surface area contributed by atoms with Crippen LogP contribution in [0.15, 0.2) is 18.2 Å². The second kappa shape index (κ2) is 6.19.